The van der Waals surface area contributed by atoms with Gasteiger partial charge in [-0.3, -0.25) is 4.79 Å². The van der Waals surface area contributed by atoms with Crippen LogP contribution < -0.4 is 4.74 Å². The van der Waals surface area contributed by atoms with Crippen LogP contribution in [0.15, 0.2) is 24.3 Å². The number of amides is 1. The summed E-state index contributed by atoms with van der Waals surface area (Å²) >= 11 is 0. The molecule has 0 saturated heterocycles. The summed E-state index contributed by atoms with van der Waals surface area (Å²) in [4.78, 5) is 25.9. The largest absolute Gasteiger partial charge is 0.494 e. The van der Waals surface area contributed by atoms with E-state index >= 15 is 0 Å². The zero-order chi connectivity index (χ0) is 19.6. The van der Waals surface area contributed by atoms with Gasteiger partial charge in [-0.15, -0.1) is 10.2 Å². The normalized spacial score (nSPS) is 16.3. The standard InChI is InChI=1S/C19H24N4O4/c1-12(2)8-9-27-15-6-4-14(5-7-15)18(24)23-11-17-21-20-13(3)22(17)10-16(23)19(25)26/h4-7,12,16H,8-11H2,1-3H3,(H,25,26). The summed E-state index contributed by atoms with van der Waals surface area (Å²) in [6.45, 7) is 6.91. The number of nitrogens with zero attached hydrogens (tertiary/aromatic N) is 4. The molecule has 2 heterocycles. The van der Waals surface area contributed by atoms with Crippen molar-refractivity contribution in [2.75, 3.05) is 6.61 Å². The van der Waals surface area contributed by atoms with Crippen LogP contribution in [0.5, 0.6) is 5.75 Å². The lowest BCUT2D eigenvalue weighted by molar-refractivity contribution is -0.143. The lowest BCUT2D eigenvalue weighted by Gasteiger charge is -2.33. The molecule has 1 amide bonds. The van der Waals surface area contributed by atoms with Gasteiger partial charge in [-0.25, -0.2) is 4.79 Å². The van der Waals surface area contributed by atoms with Crippen LogP contribution in [0.2, 0.25) is 0 Å². The highest BCUT2D eigenvalue weighted by Gasteiger charge is 2.36. The van der Waals surface area contributed by atoms with Crippen molar-refractivity contribution in [3.05, 3.63) is 41.5 Å². The second kappa shape index (κ2) is 7.77. The summed E-state index contributed by atoms with van der Waals surface area (Å²) < 4.78 is 7.41. The topological polar surface area (TPSA) is 97.5 Å². The predicted molar refractivity (Wildman–Crippen MR) is 97.4 cm³/mol. The number of ether oxygens (including phenoxy) is 1. The van der Waals surface area contributed by atoms with Gasteiger partial charge < -0.3 is 19.3 Å². The molecule has 1 aromatic carbocycles. The van der Waals surface area contributed by atoms with E-state index in [1.165, 1.54) is 4.90 Å². The maximum absolute atomic E-state index is 12.9. The Morgan fingerprint density at radius 3 is 2.59 bits per heavy atom. The smallest absolute Gasteiger partial charge is 0.328 e. The van der Waals surface area contributed by atoms with Crippen molar-refractivity contribution < 1.29 is 19.4 Å². The fraction of sp³-hybridized carbons (Fsp3) is 0.474. The van der Waals surface area contributed by atoms with Crippen molar-refractivity contribution in [2.45, 2.75) is 46.3 Å². The minimum Gasteiger partial charge on any atom is -0.494 e. The zero-order valence-corrected chi connectivity index (χ0v) is 15.8. The molecule has 0 fully saturated rings. The molecule has 1 aromatic heterocycles. The average molecular weight is 372 g/mol. The Hall–Kier alpha value is -2.90. The number of hydrogen-bond donors (Lipinski definition) is 1. The van der Waals surface area contributed by atoms with E-state index in [1.54, 1.807) is 35.8 Å². The van der Waals surface area contributed by atoms with Crippen molar-refractivity contribution >= 4 is 11.9 Å². The number of hydrogen-bond acceptors (Lipinski definition) is 5. The van der Waals surface area contributed by atoms with Crippen LogP contribution in [-0.2, 0) is 17.9 Å². The number of benzene rings is 1. The Labute approximate surface area is 157 Å². The van der Waals surface area contributed by atoms with E-state index in [9.17, 15) is 14.7 Å². The van der Waals surface area contributed by atoms with Gasteiger partial charge in [0.25, 0.3) is 5.91 Å². The van der Waals surface area contributed by atoms with Gasteiger partial charge in [-0.05, 0) is 43.5 Å². The van der Waals surface area contributed by atoms with Crippen molar-refractivity contribution in [1.82, 2.24) is 19.7 Å². The molecule has 8 heteroatoms. The highest BCUT2D eigenvalue weighted by molar-refractivity contribution is 5.96. The number of aryl methyl sites for hydroxylation is 1. The van der Waals surface area contributed by atoms with Crippen molar-refractivity contribution in [3.63, 3.8) is 0 Å². The molecule has 0 radical (unpaired) electrons. The third kappa shape index (κ3) is 4.10. The Bertz CT molecular complexity index is 829. The quantitative estimate of drug-likeness (QED) is 0.834. The number of rotatable bonds is 6. The monoisotopic (exact) mass is 372 g/mol. The second-order valence-electron chi connectivity index (χ2n) is 7.12. The van der Waals surface area contributed by atoms with Crippen LogP contribution in [0.25, 0.3) is 0 Å². The van der Waals surface area contributed by atoms with Gasteiger partial charge in [0.1, 0.15) is 17.6 Å². The van der Waals surface area contributed by atoms with Gasteiger partial charge in [0.2, 0.25) is 0 Å². The Morgan fingerprint density at radius 1 is 1.26 bits per heavy atom. The summed E-state index contributed by atoms with van der Waals surface area (Å²) in [6, 6.07) is 5.84. The van der Waals surface area contributed by atoms with E-state index in [-0.39, 0.29) is 19.0 Å². The van der Waals surface area contributed by atoms with Crippen LogP contribution in [0.4, 0.5) is 0 Å². The number of carbonyl (C=O) groups is 2. The summed E-state index contributed by atoms with van der Waals surface area (Å²) in [5, 5.41) is 17.6. The molecule has 27 heavy (non-hydrogen) atoms. The molecule has 0 aliphatic carbocycles. The Balaban J connectivity index is 1.74. The van der Waals surface area contributed by atoms with Gasteiger partial charge >= 0.3 is 5.97 Å². The molecule has 1 aliphatic heterocycles. The molecular weight excluding hydrogens is 348 g/mol. The van der Waals surface area contributed by atoms with Gasteiger partial charge in [0.05, 0.1) is 19.7 Å². The summed E-state index contributed by atoms with van der Waals surface area (Å²) in [5.74, 6) is 1.09. The van der Waals surface area contributed by atoms with Crippen LogP contribution in [0, 0.1) is 12.8 Å². The first kappa shape index (κ1) is 18.9. The molecule has 3 rings (SSSR count). The van der Waals surface area contributed by atoms with Crippen molar-refractivity contribution in [2.24, 2.45) is 5.92 Å². The third-order valence-electron chi connectivity index (χ3n) is 4.67. The number of carbonyl (C=O) groups excluding carboxylic acids is 1. The number of aliphatic carboxylic acids is 1. The minimum absolute atomic E-state index is 0.114. The molecule has 0 saturated carbocycles. The summed E-state index contributed by atoms with van der Waals surface area (Å²) in [6.07, 6.45) is 0.953. The first-order valence-corrected chi connectivity index (χ1v) is 9.02. The SMILES string of the molecule is Cc1nnc2n1CC(C(=O)O)N(C(=O)c1ccc(OCCC(C)C)cc1)C2. The maximum atomic E-state index is 12.9. The van der Waals surface area contributed by atoms with E-state index in [0.29, 0.717) is 35.5 Å². The molecule has 144 valence electrons. The van der Waals surface area contributed by atoms with E-state index in [0.717, 1.165) is 6.42 Å². The van der Waals surface area contributed by atoms with Gasteiger partial charge in [-0.2, -0.15) is 0 Å². The molecule has 0 spiro atoms. The highest BCUT2D eigenvalue weighted by atomic mass is 16.5. The number of fused-ring (bicyclic) bond motifs is 1. The Morgan fingerprint density at radius 2 is 1.96 bits per heavy atom. The lowest BCUT2D eigenvalue weighted by atomic mass is 10.1. The van der Waals surface area contributed by atoms with Gasteiger partial charge in [0, 0.05) is 5.56 Å². The molecule has 8 nitrogen and oxygen atoms in total. The van der Waals surface area contributed by atoms with E-state index in [2.05, 4.69) is 24.0 Å². The molecule has 0 bridgehead atoms. The number of carboxylic acid groups (broad SMARTS) is 1. The summed E-state index contributed by atoms with van der Waals surface area (Å²) in [5.41, 5.74) is 0.419. The van der Waals surface area contributed by atoms with E-state index < -0.39 is 12.0 Å². The van der Waals surface area contributed by atoms with Crippen molar-refractivity contribution in [1.29, 1.82) is 0 Å². The van der Waals surface area contributed by atoms with Gasteiger partial charge in [0.15, 0.2) is 5.82 Å². The molecule has 1 atom stereocenters. The number of carboxylic acids is 1. The highest BCUT2D eigenvalue weighted by Crippen LogP contribution is 2.22. The van der Waals surface area contributed by atoms with Crippen LogP contribution in [-0.4, -0.2) is 49.3 Å². The fourth-order valence-electron chi connectivity index (χ4n) is 3.01. The average Bonchev–Trinajstić information content (AvgIpc) is 3.00. The van der Waals surface area contributed by atoms with Crippen molar-refractivity contribution in [3.8, 4) is 5.75 Å². The second-order valence-corrected chi connectivity index (χ2v) is 7.12. The van der Waals surface area contributed by atoms with Crippen LogP contribution in [0.3, 0.4) is 0 Å². The van der Waals surface area contributed by atoms with E-state index in [4.69, 9.17) is 4.74 Å². The molecule has 1 N–H and O–H groups in total. The molecule has 2 aromatic rings. The zero-order valence-electron chi connectivity index (χ0n) is 15.8. The van der Waals surface area contributed by atoms with Gasteiger partial charge in [-0.1, -0.05) is 13.8 Å². The van der Waals surface area contributed by atoms with Crippen LogP contribution >= 0.6 is 0 Å². The Kier molecular flexibility index (Phi) is 5.43. The predicted octanol–water partition coefficient (Wildman–Crippen LogP) is 2.12. The molecular formula is C19H24N4O4. The molecule has 1 unspecified atom stereocenters. The summed E-state index contributed by atoms with van der Waals surface area (Å²) in [7, 11) is 0. The minimum atomic E-state index is -1.05. The number of aromatic nitrogens is 3. The maximum Gasteiger partial charge on any atom is 0.328 e. The lowest BCUT2D eigenvalue weighted by Crippen LogP contribution is -2.50. The van der Waals surface area contributed by atoms with E-state index in [1.807, 2.05) is 0 Å². The first-order chi connectivity index (χ1) is 12.9. The molecule has 1 aliphatic rings. The van der Waals surface area contributed by atoms with Crippen LogP contribution in [0.1, 0.15) is 42.3 Å². The third-order valence-corrected chi connectivity index (χ3v) is 4.67. The fourth-order valence-corrected chi connectivity index (χ4v) is 3.01. The first-order valence-electron chi connectivity index (χ1n) is 9.02.